The molecule has 0 atom stereocenters. The van der Waals surface area contributed by atoms with Gasteiger partial charge in [-0.2, -0.15) is 0 Å². The minimum absolute atomic E-state index is 0.000572. The van der Waals surface area contributed by atoms with E-state index in [0.717, 1.165) is 11.1 Å². The quantitative estimate of drug-likeness (QED) is 0.561. The minimum atomic E-state index is -0.680. The lowest BCUT2D eigenvalue weighted by atomic mass is 10.2. The maximum Gasteiger partial charge on any atom is 0.358 e. The van der Waals surface area contributed by atoms with Crippen molar-refractivity contribution in [2.45, 2.75) is 13.3 Å². The molecule has 154 valence electrons. The van der Waals surface area contributed by atoms with Gasteiger partial charge in [-0.05, 0) is 19.1 Å². The molecule has 1 heterocycles. The third-order valence-electron chi connectivity index (χ3n) is 4.29. The lowest BCUT2D eigenvalue weighted by Gasteiger charge is -2.22. The van der Waals surface area contributed by atoms with Crippen LogP contribution in [0.2, 0.25) is 0 Å². The van der Waals surface area contributed by atoms with E-state index in [4.69, 9.17) is 10.5 Å². The molecule has 3 aromatic rings. The zero-order valence-corrected chi connectivity index (χ0v) is 17.2. The molecule has 0 fully saturated rings. The average Bonchev–Trinajstić information content (AvgIpc) is 3.23. The van der Waals surface area contributed by atoms with Gasteiger partial charge in [0.25, 0.3) is 5.91 Å². The lowest BCUT2D eigenvalue weighted by molar-refractivity contribution is -0.121. The third-order valence-corrected chi connectivity index (χ3v) is 5.18. The monoisotopic (exact) mass is 423 g/mol. The van der Waals surface area contributed by atoms with Gasteiger partial charge in [-0.25, -0.2) is 9.78 Å². The molecular weight excluding hydrogens is 402 g/mol. The fraction of sp³-hybridized carbons (Fsp3) is 0.182. The molecule has 0 spiro atoms. The van der Waals surface area contributed by atoms with Gasteiger partial charge in [-0.15, -0.1) is 11.3 Å². The number of para-hydroxylation sites is 1. The molecule has 2 N–H and O–H groups in total. The van der Waals surface area contributed by atoms with Gasteiger partial charge in [0.05, 0.1) is 0 Å². The number of aryl methyl sites for hydroxylation is 1. The number of hydrogen-bond donors (Lipinski definition) is 1. The van der Waals surface area contributed by atoms with Crippen molar-refractivity contribution in [3.05, 3.63) is 71.2 Å². The van der Waals surface area contributed by atoms with Crippen molar-refractivity contribution < 1.29 is 19.1 Å². The van der Waals surface area contributed by atoms with Crippen LogP contribution >= 0.6 is 11.3 Å². The number of primary amides is 1. The Hall–Kier alpha value is -3.52. The predicted molar refractivity (Wildman–Crippen MR) is 115 cm³/mol. The molecule has 30 heavy (non-hydrogen) atoms. The molecule has 0 bridgehead atoms. The Morgan fingerprint density at radius 1 is 1.07 bits per heavy atom. The van der Waals surface area contributed by atoms with Crippen LogP contribution < -0.4 is 10.6 Å². The number of nitrogens with zero attached hydrogens (tertiary/aromatic N) is 2. The Kier molecular flexibility index (Phi) is 6.92. The first-order chi connectivity index (χ1) is 14.4. The van der Waals surface area contributed by atoms with Crippen molar-refractivity contribution in [2.24, 2.45) is 5.73 Å². The van der Waals surface area contributed by atoms with Crippen molar-refractivity contribution >= 4 is 34.8 Å². The summed E-state index contributed by atoms with van der Waals surface area (Å²) < 4.78 is 5.17. The summed E-state index contributed by atoms with van der Waals surface area (Å²) >= 11 is 1.33. The van der Waals surface area contributed by atoms with Gasteiger partial charge in [0.2, 0.25) is 5.91 Å². The van der Waals surface area contributed by atoms with E-state index >= 15 is 0 Å². The van der Waals surface area contributed by atoms with Gasteiger partial charge >= 0.3 is 5.97 Å². The van der Waals surface area contributed by atoms with Crippen LogP contribution in [0.3, 0.4) is 0 Å². The van der Waals surface area contributed by atoms with E-state index < -0.39 is 24.4 Å². The van der Waals surface area contributed by atoms with Crippen LogP contribution in [0.4, 0.5) is 5.69 Å². The van der Waals surface area contributed by atoms with E-state index in [1.54, 1.807) is 29.6 Å². The topological polar surface area (TPSA) is 103 Å². The van der Waals surface area contributed by atoms with Crippen molar-refractivity contribution in [3.63, 3.8) is 0 Å². The van der Waals surface area contributed by atoms with Crippen LogP contribution in [-0.4, -0.2) is 35.9 Å². The van der Waals surface area contributed by atoms with Crippen LogP contribution in [0.1, 0.15) is 22.5 Å². The maximum absolute atomic E-state index is 12.6. The fourth-order valence-corrected chi connectivity index (χ4v) is 3.50. The van der Waals surface area contributed by atoms with E-state index in [2.05, 4.69) is 4.98 Å². The van der Waals surface area contributed by atoms with E-state index in [0.29, 0.717) is 10.7 Å². The van der Waals surface area contributed by atoms with Crippen LogP contribution in [0, 0.1) is 6.92 Å². The Bertz CT molecular complexity index is 1030. The van der Waals surface area contributed by atoms with E-state index in [1.165, 1.54) is 16.2 Å². The molecule has 0 saturated heterocycles. The molecule has 0 saturated carbocycles. The normalized spacial score (nSPS) is 10.4. The zero-order valence-electron chi connectivity index (χ0n) is 16.4. The standard InChI is InChI=1S/C22H21N3O4S/c1-15-7-9-16(10-8-15)21-24-18(14-30-21)22(28)29-13-20(27)25(12-11-19(23)26)17-5-3-2-4-6-17/h2-10,14H,11-13H2,1H3,(H2,23,26). The summed E-state index contributed by atoms with van der Waals surface area (Å²) in [6.45, 7) is 1.63. The minimum Gasteiger partial charge on any atom is -0.451 e. The average molecular weight is 423 g/mol. The lowest BCUT2D eigenvalue weighted by Crippen LogP contribution is -2.37. The van der Waals surface area contributed by atoms with Crippen molar-refractivity contribution in [3.8, 4) is 10.6 Å². The van der Waals surface area contributed by atoms with Crippen LogP contribution in [0.15, 0.2) is 60.0 Å². The largest absolute Gasteiger partial charge is 0.451 e. The first-order valence-corrected chi connectivity index (χ1v) is 10.2. The van der Waals surface area contributed by atoms with Gasteiger partial charge < -0.3 is 15.4 Å². The first kappa shape index (κ1) is 21.2. The number of thiazole rings is 1. The summed E-state index contributed by atoms with van der Waals surface area (Å²) in [5, 5.41) is 2.30. The molecule has 2 amide bonds. The number of esters is 1. The summed E-state index contributed by atoms with van der Waals surface area (Å²) in [6.07, 6.45) is 0.000572. The van der Waals surface area contributed by atoms with Gasteiger partial charge in [-0.3, -0.25) is 9.59 Å². The molecule has 0 radical (unpaired) electrons. The molecule has 7 nitrogen and oxygen atoms in total. The van der Waals surface area contributed by atoms with Crippen LogP contribution in [-0.2, 0) is 14.3 Å². The number of anilines is 1. The Labute approximate surface area is 178 Å². The Balaban J connectivity index is 1.64. The summed E-state index contributed by atoms with van der Waals surface area (Å²) in [5.41, 5.74) is 7.98. The number of carbonyl (C=O) groups excluding carboxylic acids is 3. The molecule has 1 aromatic heterocycles. The Morgan fingerprint density at radius 2 is 1.77 bits per heavy atom. The molecule has 0 unspecified atom stereocenters. The van der Waals surface area contributed by atoms with Gasteiger partial charge in [-0.1, -0.05) is 48.0 Å². The highest BCUT2D eigenvalue weighted by atomic mass is 32.1. The van der Waals surface area contributed by atoms with E-state index in [9.17, 15) is 14.4 Å². The van der Waals surface area contributed by atoms with Crippen molar-refractivity contribution in [2.75, 3.05) is 18.1 Å². The van der Waals surface area contributed by atoms with Crippen molar-refractivity contribution in [1.29, 1.82) is 0 Å². The maximum atomic E-state index is 12.6. The smallest absolute Gasteiger partial charge is 0.358 e. The highest BCUT2D eigenvalue weighted by Crippen LogP contribution is 2.24. The number of benzene rings is 2. The molecule has 3 rings (SSSR count). The number of hydrogen-bond acceptors (Lipinski definition) is 6. The van der Waals surface area contributed by atoms with Crippen molar-refractivity contribution in [1.82, 2.24) is 4.98 Å². The molecule has 8 heteroatoms. The first-order valence-electron chi connectivity index (χ1n) is 9.27. The van der Waals surface area contributed by atoms with Gasteiger partial charge in [0.1, 0.15) is 5.01 Å². The van der Waals surface area contributed by atoms with Crippen LogP contribution in [0.5, 0.6) is 0 Å². The summed E-state index contributed by atoms with van der Waals surface area (Å²) in [5.74, 6) is -1.66. The van der Waals surface area contributed by atoms with E-state index in [-0.39, 0.29) is 18.7 Å². The number of aromatic nitrogens is 1. The van der Waals surface area contributed by atoms with Gasteiger partial charge in [0, 0.05) is 29.6 Å². The molecule has 2 aromatic carbocycles. The fourth-order valence-electron chi connectivity index (χ4n) is 2.70. The number of amides is 2. The number of rotatable bonds is 8. The van der Waals surface area contributed by atoms with Gasteiger partial charge in [0.15, 0.2) is 12.3 Å². The van der Waals surface area contributed by atoms with Crippen LogP contribution in [0.25, 0.3) is 10.6 Å². The number of carbonyl (C=O) groups is 3. The highest BCUT2D eigenvalue weighted by Gasteiger charge is 2.20. The number of ether oxygens (including phenoxy) is 1. The third kappa shape index (κ3) is 5.51. The molecular formula is C22H21N3O4S. The zero-order chi connectivity index (χ0) is 21.5. The molecule has 0 aliphatic heterocycles. The van der Waals surface area contributed by atoms with E-state index in [1.807, 2.05) is 37.3 Å². The Morgan fingerprint density at radius 3 is 2.43 bits per heavy atom. The second-order valence-corrected chi connectivity index (χ2v) is 7.44. The molecule has 0 aliphatic rings. The predicted octanol–water partition coefficient (Wildman–Crippen LogP) is 3.18. The highest BCUT2D eigenvalue weighted by molar-refractivity contribution is 7.13. The second kappa shape index (κ2) is 9.80. The summed E-state index contributed by atoms with van der Waals surface area (Å²) in [6, 6.07) is 16.6. The second-order valence-electron chi connectivity index (χ2n) is 6.58. The SMILES string of the molecule is Cc1ccc(-c2nc(C(=O)OCC(=O)N(CCC(N)=O)c3ccccc3)cs2)cc1. The summed E-state index contributed by atoms with van der Waals surface area (Å²) in [4.78, 5) is 41.8. The molecule has 0 aliphatic carbocycles. The number of nitrogens with two attached hydrogens (primary N) is 1. The summed E-state index contributed by atoms with van der Waals surface area (Å²) in [7, 11) is 0.